The van der Waals surface area contributed by atoms with Gasteiger partial charge >= 0.3 is 0 Å². The number of carbonyl (C=O) groups is 2. The molecule has 1 aliphatic heterocycles. The maximum Gasteiger partial charge on any atom is 0.251 e. The van der Waals surface area contributed by atoms with Crippen LogP contribution in [-0.2, 0) is 4.79 Å². The van der Waals surface area contributed by atoms with Gasteiger partial charge in [0.25, 0.3) is 5.91 Å². The molecule has 2 N–H and O–H groups in total. The molecule has 5 nitrogen and oxygen atoms in total. The first-order chi connectivity index (χ1) is 11.7. The summed E-state index contributed by atoms with van der Waals surface area (Å²) in [5.41, 5.74) is 1.26. The number of carbonyl (C=O) groups excluding carboxylic acids is 2. The zero-order valence-electron chi connectivity index (χ0n) is 14.1. The Kier molecular flexibility index (Phi) is 7.23. The monoisotopic (exact) mass is 327 g/mol. The van der Waals surface area contributed by atoms with Gasteiger partial charge in [0.05, 0.1) is 0 Å². The number of nitrogens with zero attached hydrogens (tertiary/aromatic N) is 1. The summed E-state index contributed by atoms with van der Waals surface area (Å²) in [5, 5.41) is 5.68. The summed E-state index contributed by atoms with van der Waals surface area (Å²) in [6, 6.07) is 6.90. The van der Waals surface area contributed by atoms with Crippen LogP contribution in [0.25, 0.3) is 0 Å². The number of likely N-dealkylation sites (tertiary alicyclic amines) is 1. The van der Waals surface area contributed by atoms with E-state index in [-0.39, 0.29) is 11.8 Å². The van der Waals surface area contributed by atoms with E-state index in [1.54, 1.807) is 36.4 Å². The van der Waals surface area contributed by atoms with Gasteiger partial charge in [0.15, 0.2) is 0 Å². The molecule has 1 heterocycles. The first-order valence-electron chi connectivity index (χ1n) is 8.40. The van der Waals surface area contributed by atoms with Crippen LogP contribution in [0, 0.1) is 0 Å². The third-order valence-corrected chi connectivity index (χ3v) is 3.88. The van der Waals surface area contributed by atoms with Crippen LogP contribution in [0.2, 0.25) is 0 Å². The van der Waals surface area contributed by atoms with E-state index in [0.717, 1.165) is 19.6 Å². The van der Waals surface area contributed by atoms with Gasteiger partial charge in [-0.05, 0) is 57.1 Å². The molecule has 0 aromatic heterocycles. The number of amides is 2. The van der Waals surface area contributed by atoms with Crippen LogP contribution in [0.3, 0.4) is 0 Å². The zero-order valence-corrected chi connectivity index (χ0v) is 14.1. The Balaban J connectivity index is 1.77. The van der Waals surface area contributed by atoms with Crippen molar-refractivity contribution in [2.75, 3.05) is 31.5 Å². The summed E-state index contributed by atoms with van der Waals surface area (Å²) < 4.78 is 0. The highest BCUT2D eigenvalue weighted by Gasteiger charge is 2.11. The highest BCUT2D eigenvalue weighted by atomic mass is 16.2. The van der Waals surface area contributed by atoms with E-state index in [1.807, 2.05) is 13.0 Å². The van der Waals surface area contributed by atoms with Crippen LogP contribution in [0.15, 0.2) is 48.6 Å². The molecule has 128 valence electrons. The molecule has 24 heavy (non-hydrogen) atoms. The lowest BCUT2D eigenvalue weighted by molar-refractivity contribution is -0.111. The van der Waals surface area contributed by atoms with Gasteiger partial charge in [0.2, 0.25) is 5.91 Å². The van der Waals surface area contributed by atoms with Crippen molar-refractivity contribution in [3.63, 3.8) is 0 Å². The molecule has 0 spiro atoms. The van der Waals surface area contributed by atoms with Gasteiger partial charge in [-0.2, -0.15) is 0 Å². The number of hydrogen-bond donors (Lipinski definition) is 2. The smallest absolute Gasteiger partial charge is 0.251 e. The maximum absolute atomic E-state index is 12.1. The van der Waals surface area contributed by atoms with E-state index in [9.17, 15) is 9.59 Å². The van der Waals surface area contributed by atoms with Crippen molar-refractivity contribution in [3.8, 4) is 0 Å². The minimum Gasteiger partial charge on any atom is -0.351 e. The van der Waals surface area contributed by atoms with E-state index in [4.69, 9.17) is 0 Å². The van der Waals surface area contributed by atoms with Crippen molar-refractivity contribution in [3.05, 3.63) is 54.1 Å². The molecule has 0 atom stereocenters. The molecule has 5 heteroatoms. The third-order valence-electron chi connectivity index (χ3n) is 3.88. The quantitative estimate of drug-likeness (QED) is 0.598. The van der Waals surface area contributed by atoms with Gasteiger partial charge in [-0.1, -0.05) is 18.2 Å². The van der Waals surface area contributed by atoms with Crippen LogP contribution in [0.4, 0.5) is 5.69 Å². The molecule has 1 fully saturated rings. The standard InChI is InChI=1S/C19H25N3O2/c1-2-3-4-7-18(23)21-17-10-8-16(9-11-17)19(24)20-12-15-22-13-5-6-14-22/h2-4,7-11H,5-6,12-15H2,1H3,(H,20,24)(H,21,23)/b3-2+,7-4+. The van der Waals surface area contributed by atoms with Gasteiger partial charge in [0.1, 0.15) is 0 Å². The summed E-state index contributed by atoms with van der Waals surface area (Å²) in [6.45, 7) is 5.71. The van der Waals surface area contributed by atoms with Crippen molar-refractivity contribution in [2.24, 2.45) is 0 Å². The molecule has 0 saturated carbocycles. The van der Waals surface area contributed by atoms with E-state index in [2.05, 4.69) is 15.5 Å². The lowest BCUT2D eigenvalue weighted by atomic mass is 10.2. The van der Waals surface area contributed by atoms with Gasteiger partial charge in [-0.25, -0.2) is 0 Å². The van der Waals surface area contributed by atoms with Gasteiger partial charge in [-0.3, -0.25) is 9.59 Å². The Morgan fingerprint density at radius 1 is 1.12 bits per heavy atom. The van der Waals surface area contributed by atoms with Crippen molar-refractivity contribution < 1.29 is 9.59 Å². The second-order valence-corrected chi connectivity index (χ2v) is 5.76. The maximum atomic E-state index is 12.1. The Bertz CT molecular complexity index is 600. The van der Waals surface area contributed by atoms with Crippen LogP contribution >= 0.6 is 0 Å². The summed E-state index contributed by atoms with van der Waals surface area (Å²) in [6.07, 6.45) is 9.28. The fourth-order valence-corrected chi connectivity index (χ4v) is 2.58. The average Bonchev–Trinajstić information content (AvgIpc) is 3.09. The molecule has 1 aromatic rings. The first-order valence-corrected chi connectivity index (χ1v) is 8.40. The number of nitrogens with one attached hydrogen (secondary N) is 2. The number of anilines is 1. The molecular weight excluding hydrogens is 302 g/mol. The third kappa shape index (κ3) is 6.01. The molecule has 1 aliphatic rings. The Labute approximate surface area is 143 Å². The lowest BCUT2D eigenvalue weighted by Gasteiger charge is -2.14. The minimum absolute atomic E-state index is 0.0833. The zero-order chi connectivity index (χ0) is 17.2. The Morgan fingerprint density at radius 2 is 1.83 bits per heavy atom. The van der Waals surface area contributed by atoms with Crippen molar-refractivity contribution in [1.29, 1.82) is 0 Å². The molecule has 0 bridgehead atoms. The normalized spacial score (nSPS) is 15.2. The predicted molar refractivity (Wildman–Crippen MR) is 97.0 cm³/mol. The van der Waals surface area contributed by atoms with E-state index in [0.29, 0.717) is 17.8 Å². The van der Waals surface area contributed by atoms with E-state index < -0.39 is 0 Å². The minimum atomic E-state index is -0.198. The number of hydrogen-bond acceptors (Lipinski definition) is 3. The predicted octanol–water partition coefficient (Wildman–Crippen LogP) is 2.58. The van der Waals surface area contributed by atoms with Gasteiger partial charge in [-0.15, -0.1) is 0 Å². The number of benzene rings is 1. The van der Waals surface area contributed by atoms with Crippen LogP contribution in [0.1, 0.15) is 30.1 Å². The molecule has 2 rings (SSSR count). The summed E-state index contributed by atoms with van der Waals surface area (Å²) in [7, 11) is 0. The van der Waals surface area contributed by atoms with Crippen LogP contribution in [0.5, 0.6) is 0 Å². The average molecular weight is 327 g/mol. The van der Waals surface area contributed by atoms with Crippen molar-refractivity contribution in [1.82, 2.24) is 10.2 Å². The number of allylic oxidation sites excluding steroid dienone is 3. The molecule has 2 amide bonds. The van der Waals surface area contributed by atoms with E-state index in [1.165, 1.54) is 18.9 Å². The molecule has 0 radical (unpaired) electrons. The summed E-state index contributed by atoms with van der Waals surface area (Å²) in [5.74, 6) is -0.282. The van der Waals surface area contributed by atoms with Gasteiger partial charge in [0, 0.05) is 30.4 Å². The molecule has 0 aliphatic carbocycles. The number of rotatable bonds is 7. The molecular formula is C19H25N3O2. The Hall–Kier alpha value is -2.40. The van der Waals surface area contributed by atoms with Crippen LogP contribution < -0.4 is 10.6 Å². The van der Waals surface area contributed by atoms with Gasteiger partial charge < -0.3 is 15.5 Å². The van der Waals surface area contributed by atoms with Crippen molar-refractivity contribution >= 4 is 17.5 Å². The first kappa shape index (κ1) is 17.9. The second-order valence-electron chi connectivity index (χ2n) is 5.76. The van der Waals surface area contributed by atoms with Crippen LogP contribution in [-0.4, -0.2) is 42.9 Å². The van der Waals surface area contributed by atoms with E-state index >= 15 is 0 Å². The summed E-state index contributed by atoms with van der Waals surface area (Å²) >= 11 is 0. The second kappa shape index (κ2) is 9.67. The highest BCUT2D eigenvalue weighted by molar-refractivity contribution is 6.00. The topological polar surface area (TPSA) is 61.4 Å². The largest absolute Gasteiger partial charge is 0.351 e. The van der Waals surface area contributed by atoms with Crippen molar-refractivity contribution in [2.45, 2.75) is 19.8 Å². The molecule has 1 saturated heterocycles. The Morgan fingerprint density at radius 3 is 2.50 bits per heavy atom. The SMILES string of the molecule is C/C=C/C=C/C(=O)Nc1ccc(C(=O)NCCN2CCCC2)cc1. The fraction of sp³-hybridized carbons (Fsp3) is 0.368. The lowest BCUT2D eigenvalue weighted by Crippen LogP contribution is -2.33. The highest BCUT2D eigenvalue weighted by Crippen LogP contribution is 2.10. The summed E-state index contributed by atoms with van der Waals surface area (Å²) in [4.78, 5) is 26.1. The fourth-order valence-electron chi connectivity index (χ4n) is 2.58. The molecule has 0 unspecified atom stereocenters. The molecule has 1 aromatic carbocycles.